The van der Waals surface area contributed by atoms with Gasteiger partial charge in [-0.3, -0.25) is 4.98 Å². The van der Waals surface area contributed by atoms with E-state index in [0.29, 0.717) is 34.9 Å². The Balaban J connectivity index is 1.56. The van der Waals surface area contributed by atoms with Crippen LogP contribution < -0.4 is 10.6 Å². The smallest absolute Gasteiger partial charge is 0.225 e. The number of halogens is 2. The van der Waals surface area contributed by atoms with E-state index in [0.717, 1.165) is 28.8 Å². The van der Waals surface area contributed by atoms with Gasteiger partial charge < -0.3 is 20.8 Å². The number of benzene rings is 1. The summed E-state index contributed by atoms with van der Waals surface area (Å²) in [6.07, 6.45) is 3.62. The number of fused-ring (bicyclic) bond motifs is 1. The Kier molecular flexibility index (Phi) is 7.26. The van der Waals surface area contributed by atoms with Gasteiger partial charge in [-0.2, -0.15) is 4.98 Å². The Morgan fingerprint density at radius 1 is 1.13 bits per heavy atom. The zero-order valence-corrected chi connectivity index (χ0v) is 22.2. The quantitative estimate of drug-likeness (QED) is 0.247. The second kappa shape index (κ2) is 10.5. The van der Waals surface area contributed by atoms with Crippen molar-refractivity contribution < 1.29 is 19.0 Å². The topological polar surface area (TPSA) is 116 Å². The van der Waals surface area contributed by atoms with Crippen LogP contribution in [0.25, 0.3) is 20.8 Å². The molecule has 8 nitrogen and oxygen atoms in total. The molecule has 1 aliphatic carbocycles. The maximum absolute atomic E-state index is 14.2. The van der Waals surface area contributed by atoms with E-state index in [9.17, 15) is 19.0 Å². The molecular formula is C27H30F2N6O2S. The van der Waals surface area contributed by atoms with Gasteiger partial charge in [-0.1, -0.05) is 19.4 Å². The number of aryl methyl sites for hydroxylation is 2. The molecule has 3 aromatic heterocycles. The largest absolute Gasteiger partial charge is 0.390 e. The van der Waals surface area contributed by atoms with Crippen LogP contribution in [-0.4, -0.2) is 47.9 Å². The summed E-state index contributed by atoms with van der Waals surface area (Å²) in [5.74, 6) is -0.737. The van der Waals surface area contributed by atoms with Crippen LogP contribution in [0.1, 0.15) is 50.1 Å². The molecule has 0 aliphatic heterocycles. The highest BCUT2D eigenvalue weighted by molar-refractivity contribution is 7.21. The van der Waals surface area contributed by atoms with E-state index in [1.165, 1.54) is 29.5 Å². The van der Waals surface area contributed by atoms with Crippen molar-refractivity contribution in [2.45, 2.75) is 70.7 Å². The van der Waals surface area contributed by atoms with Crippen molar-refractivity contribution >= 4 is 33.3 Å². The molecule has 200 valence electrons. The third-order valence-corrected chi connectivity index (χ3v) is 8.12. The van der Waals surface area contributed by atoms with Gasteiger partial charge in [-0.05, 0) is 51.3 Å². The molecule has 1 saturated carbocycles. The fourth-order valence-electron chi connectivity index (χ4n) is 4.84. The Hall–Kier alpha value is -3.28. The predicted molar refractivity (Wildman–Crippen MR) is 144 cm³/mol. The first-order valence-corrected chi connectivity index (χ1v) is 13.5. The zero-order chi connectivity index (χ0) is 27.0. The van der Waals surface area contributed by atoms with Gasteiger partial charge in [0.25, 0.3) is 0 Å². The standard InChI is InChI=1S/C27H30F2N6O2S/c1-4-6-18-23-19(11-12-30-18)38-25(34-23)22-14(2)32-26(31-13-15-16(28)7-5-8-17(15)29)35-24(22)33-20-9-10-21(36)27(20,3)37/h5,7-8,11-12,20-21,36-37H,4,6,9-10,13H2,1-3H3,(H2,31,32,33,35)/t20-,21-,27+/m1/s1. The fourth-order valence-corrected chi connectivity index (χ4v) is 5.92. The van der Waals surface area contributed by atoms with Crippen LogP contribution in [0.5, 0.6) is 0 Å². The van der Waals surface area contributed by atoms with Gasteiger partial charge in [0.1, 0.15) is 33.6 Å². The number of nitrogens with one attached hydrogen (secondary N) is 2. The van der Waals surface area contributed by atoms with Crippen molar-refractivity contribution in [2.75, 3.05) is 10.6 Å². The highest BCUT2D eigenvalue weighted by Gasteiger charge is 2.45. The van der Waals surface area contributed by atoms with Gasteiger partial charge in [0.2, 0.25) is 5.95 Å². The summed E-state index contributed by atoms with van der Waals surface area (Å²) >= 11 is 1.49. The highest BCUT2D eigenvalue weighted by Crippen LogP contribution is 2.39. The maximum atomic E-state index is 14.2. The Morgan fingerprint density at radius 3 is 2.58 bits per heavy atom. The third-order valence-electron chi connectivity index (χ3n) is 7.08. The van der Waals surface area contributed by atoms with Gasteiger partial charge >= 0.3 is 0 Å². The van der Waals surface area contributed by atoms with E-state index in [4.69, 9.17) is 4.98 Å². The average molecular weight is 541 g/mol. The van der Waals surface area contributed by atoms with Crippen LogP contribution in [0.3, 0.4) is 0 Å². The van der Waals surface area contributed by atoms with Crippen LogP contribution in [0.2, 0.25) is 0 Å². The van der Waals surface area contributed by atoms with Crippen molar-refractivity contribution in [1.82, 2.24) is 19.9 Å². The molecule has 38 heavy (non-hydrogen) atoms. The molecule has 0 spiro atoms. The number of anilines is 2. The van der Waals surface area contributed by atoms with Crippen LogP contribution in [0.15, 0.2) is 30.5 Å². The van der Waals surface area contributed by atoms with E-state index in [2.05, 4.69) is 32.5 Å². The molecule has 4 N–H and O–H groups in total. The average Bonchev–Trinajstić information content (AvgIpc) is 3.40. The first-order chi connectivity index (χ1) is 18.2. The predicted octanol–water partition coefficient (Wildman–Crippen LogP) is 4.99. The van der Waals surface area contributed by atoms with Gasteiger partial charge in [-0.15, -0.1) is 11.3 Å². The first kappa shape index (κ1) is 26.3. The normalized spacial score (nSPS) is 21.2. The lowest BCUT2D eigenvalue weighted by atomic mass is 9.98. The van der Waals surface area contributed by atoms with Gasteiger partial charge in [0.15, 0.2) is 0 Å². The van der Waals surface area contributed by atoms with E-state index in [-0.39, 0.29) is 18.1 Å². The lowest BCUT2D eigenvalue weighted by Crippen LogP contribution is -2.47. The van der Waals surface area contributed by atoms with Crippen LogP contribution in [-0.2, 0) is 13.0 Å². The third kappa shape index (κ3) is 4.93. The lowest BCUT2D eigenvalue weighted by Gasteiger charge is -2.30. The van der Waals surface area contributed by atoms with Crippen molar-refractivity contribution in [3.63, 3.8) is 0 Å². The molecular weight excluding hydrogens is 510 g/mol. The monoisotopic (exact) mass is 540 g/mol. The summed E-state index contributed by atoms with van der Waals surface area (Å²) in [5, 5.41) is 28.2. The fraction of sp³-hybridized carbons (Fsp3) is 0.407. The Morgan fingerprint density at radius 2 is 1.89 bits per heavy atom. The Labute approximate surface area is 223 Å². The molecule has 3 atom stereocenters. The minimum absolute atomic E-state index is 0.115. The molecule has 1 fully saturated rings. The summed E-state index contributed by atoms with van der Waals surface area (Å²) in [5.41, 5.74) is 1.53. The zero-order valence-electron chi connectivity index (χ0n) is 21.4. The number of thiazole rings is 1. The van der Waals surface area contributed by atoms with Crippen molar-refractivity contribution in [1.29, 1.82) is 0 Å². The SMILES string of the molecule is CCCc1nccc2sc(-c3c(C)nc(NCc4c(F)cccc4F)nc3N[C@@H]3CC[C@@H](O)[C@@]3(C)O)nc12. The van der Waals surface area contributed by atoms with E-state index < -0.39 is 29.4 Å². The Bertz CT molecular complexity index is 1460. The van der Waals surface area contributed by atoms with Crippen molar-refractivity contribution in [3.05, 3.63) is 59.0 Å². The number of rotatable bonds is 8. The maximum Gasteiger partial charge on any atom is 0.225 e. The minimum atomic E-state index is -1.37. The summed E-state index contributed by atoms with van der Waals surface area (Å²) in [7, 11) is 0. The number of hydrogen-bond acceptors (Lipinski definition) is 9. The van der Waals surface area contributed by atoms with E-state index >= 15 is 0 Å². The number of aliphatic hydroxyl groups excluding tert-OH is 1. The number of aromatic nitrogens is 4. The number of hydrogen-bond donors (Lipinski definition) is 4. The number of pyridine rings is 1. The van der Waals surface area contributed by atoms with E-state index in [1.54, 1.807) is 13.1 Å². The summed E-state index contributed by atoms with van der Waals surface area (Å²) < 4.78 is 29.4. The molecule has 3 heterocycles. The molecule has 11 heteroatoms. The van der Waals surface area contributed by atoms with Crippen molar-refractivity contribution in [3.8, 4) is 10.6 Å². The molecule has 1 aliphatic rings. The highest BCUT2D eigenvalue weighted by atomic mass is 32.1. The minimum Gasteiger partial charge on any atom is -0.390 e. The molecule has 5 rings (SSSR count). The molecule has 0 saturated heterocycles. The summed E-state index contributed by atoms with van der Waals surface area (Å²) in [4.78, 5) is 18.6. The van der Waals surface area contributed by atoms with Crippen molar-refractivity contribution in [2.24, 2.45) is 0 Å². The van der Waals surface area contributed by atoms with E-state index in [1.807, 2.05) is 13.0 Å². The second-order valence-corrected chi connectivity index (χ2v) is 10.8. The van der Waals surface area contributed by atoms with Crippen LogP contribution >= 0.6 is 11.3 Å². The number of aliphatic hydroxyl groups is 2. The lowest BCUT2D eigenvalue weighted by molar-refractivity contribution is -0.0439. The van der Waals surface area contributed by atoms with Gasteiger partial charge in [-0.25, -0.2) is 18.7 Å². The van der Waals surface area contributed by atoms with Gasteiger partial charge in [0, 0.05) is 18.3 Å². The molecule has 4 aromatic rings. The van der Waals surface area contributed by atoms with Crippen LogP contribution in [0.4, 0.5) is 20.5 Å². The summed E-state index contributed by atoms with van der Waals surface area (Å²) in [6.45, 7) is 5.35. The molecule has 0 bridgehead atoms. The number of nitrogens with zero attached hydrogens (tertiary/aromatic N) is 4. The van der Waals surface area contributed by atoms with Gasteiger partial charge in [0.05, 0.1) is 33.8 Å². The molecule has 0 radical (unpaired) electrons. The first-order valence-electron chi connectivity index (χ1n) is 12.7. The summed E-state index contributed by atoms with van der Waals surface area (Å²) in [6, 6.07) is 5.16. The molecule has 1 aromatic carbocycles. The molecule has 0 amide bonds. The second-order valence-electron chi connectivity index (χ2n) is 9.80. The molecule has 0 unspecified atom stereocenters. The van der Waals surface area contributed by atoms with Crippen LogP contribution in [0, 0.1) is 18.6 Å².